The van der Waals surface area contributed by atoms with E-state index in [2.05, 4.69) is 54.7 Å². The minimum absolute atomic E-state index is 0. The Morgan fingerprint density at radius 1 is 0.811 bits per heavy atom. The summed E-state index contributed by atoms with van der Waals surface area (Å²) in [5.74, 6) is 3.70. The summed E-state index contributed by atoms with van der Waals surface area (Å²) in [6, 6.07) is 17.4. The van der Waals surface area contributed by atoms with Gasteiger partial charge in [-0.15, -0.1) is 12.4 Å². The predicted molar refractivity (Wildman–Crippen MR) is 160 cm³/mol. The fourth-order valence-electron chi connectivity index (χ4n) is 5.98. The molecular weight excluding hydrogens is 543 g/mol. The summed E-state index contributed by atoms with van der Waals surface area (Å²) in [5.41, 5.74) is 2.69. The normalized spacial score (nSPS) is 31.1. The van der Waals surface area contributed by atoms with Crippen LogP contribution in [-0.4, -0.2) is 38.4 Å². The van der Waals surface area contributed by atoms with E-state index in [0.717, 1.165) is 53.1 Å². The Hall–Kier alpha value is -0.620. The van der Waals surface area contributed by atoms with Gasteiger partial charge in [-0.1, -0.05) is 47.5 Å². The highest BCUT2D eigenvalue weighted by molar-refractivity contribution is 7.84. The summed E-state index contributed by atoms with van der Waals surface area (Å²) in [4.78, 5) is 0. The van der Waals surface area contributed by atoms with Crippen LogP contribution in [0.5, 0.6) is 0 Å². The van der Waals surface area contributed by atoms with Gasteiger partial charge < -0.3 is 5.32 Å². The molecule has 3 nitrogen and oxygen atoms in total. The van der Waals surface area contributed by atoms with Crippen LogP contribution >= 0.6 is 35.6 Å². The van der Waals surface area contributed by atoms with Gasteiger partial charge in [0.1, 0.15) is 0 Å². The fraction of sp³-hybridized carbons (Fsp3) is 0.600. The van der Waals surface area contributed by atoms with Crippen molar-refractivity contribution >= 4 is 46.6 Å². The Bertz CT molecular complexity index is 1060. The molecule has 7 heteroatoms. The number of piperidine rings is 2. The maximum Gasteiger partial charge on any atom is 0.1000 e. The highest BCUT2D eigenvalue weighted by atomic mass is 35.5. The van der Waals surface area contributed by atoms with E-state index in [4.69, 9.17) is 23.2 Å². The quantitative estimate of drug-likeness (QED) is 0.399. The molecule has 4 fully saturated rings. The van der Waals surface area contributed by atoms with Crippen LogP contribution in [0, 0.1) is 23.7 Å². The zero-order valence-corrected chi connectivity index (χ0v) is 25.3. The third-order valence-corrected chi connectivity index (χ3v) is 10.7. The number of nitrogens with zero attached hydrogens (tertiary/aromatic N) is 1. The summed E-state index contributed by atoms with van der Waals surface area (Å²) in [5, 5.41) is 5.25. The summed E-state index contributed by atoms with van der Waals surface area (Å²) in [6.07, 6.45) is 7.48. The van der Waals surface area contributed by atoms with Crippen LogP contribution in [0.3, 0.4) is 0 Å². The topological polar surface area (TPSA) is 32.3 Å². The van der Waals surface area contributed by atoms with Crippen molar-refractivity contribution in [1.82, 2.24) is 9.62 Å². The Labute approximate surface area is 242 Å². The summed E-state index contributed by atoms with van der Waals surface area (Å²) >= 11 is 11.8. The van der Waals surface area contributed by atoms with Crippen LogP contribution < -0.4 is 5.32 Å². The van der Waals surface area contributed by atoms with E-state index < -0.39 is 11.0 Å². The average Bonchev–Trinajstić information content (AvgIpc) is 3.76. The smallest absolute Gasteiger partial charge is 0.1000 e. The second-order valence-corrected chi connectivity index (χ2v) is 15.4. The molecule has 2 saturated carbocycles. The lowest BCUT2D eigenvalue weighted by molar-refractivity contribution is 0.248. The molecule has 5 unspecified atom stereocenters. The molecule has 4 aliphatic rings. The minimum atomic E-state index is -0.919. The number of rotatable bonds is 5. The highest BCUT2D eigenvalue weighted by Crippen LogP contribution is 2.48. The zero-order valence-electron chi connectivity index (χ0n) is 22.2. The van der Waals surface area contributed by atoms with Crippen molar-refractivity contribution in [3.8, 4) is 0 Å². The van der Waals surface area contributed by atoms with Crippen molar-refractivity contribution in [2.75, 3.05) is 13.1 Å². The second kappa shape index (κ2) is 12.3. The summed E-state index contributed by atoms with van der Waals surface area (Å²) < 4.78 is 14.9. The van der Waals surface area contributed by atoms with Crippen LogP contribution in [0.4, 0.5) is 0 Å². The Balaban J connectivity index is 0.000000177. The van der Waals surface area contributed by atoms with Crippen LogP contribution in [0.2, 0.25) is 10.0 Å². The lowest BCUT2D eigenvalue weighted by Gasteiger charge is -2.38. The molecule has 2 aliphatic heterocycles. The van der Waals surface area contributed by atoms with Gasteiger partial charge in [0.05, 0.1) is 15.7 Å². The van der Waals surface area contributed by atoms with Crippen molar-refractivity contribution in [3.05, 3.63) is 69.7 Å². The number of hydrogen-bond acceptors (Lipinski definition) is 2. The molecule has 2 aromatic carbocycles. The molecule has 2 saturated heterocycles. The first kappa shape index (κ1) is 29.4. The second-order valence-electron chi connectivity index (χ2n) is 12.4. The maximum absolute atomic E-state index is 12.9. The molecule has 2 heterocycles. The molecule has 0 aromatic heterocycles. The largest absolute Gasteiger partial charge is 0.313 e. The van der Waals surface area contributed by atoms with Crippen molar-refractivity contribution in [2.24, 2.45) is 23.7 Å². The average molecular weight is 584 g/mol. The Morgan fingerprint density at radius 2 is 1.35 bits per heavy atom. The standard InChI is InChI=1S/C17H24ClNOS.C13H16ClN.ClH/c1-17(2,3)21(20)19-11-14-9-13(14)10-16(19)8-12-4-6-15(18)7-5-12;14-12-3-1-9(2-4-12)5-13-7-10-6-11(10)8-15-13;/h4-7,13-14,16H,8-11H2,1-3H3;1-4,10-11,13,15H,5-8H2;1H/t13?,14?,16-,21?;10?,11?,13-;/m00./s1. The molecule has 2 aromatic rings. The first-order valence-corrected chi connectivity index (χ1v) is 15.4. The number of benzene rings is 2. The molecule has 0 spiro atoms. The van der Waals surface area contributed by atoms with Gasteiger partial charge in [-0.05, 0) is 125 Å². The first-order chi connectivity index (χ1) is 17.2. The number of hydrogen-bond donors (Lipinski definition) is 1. The summed E-state index contributed by atoms with van der Waals surface area (Å²) in [6.45, 7) is 8.46. The van der Waals surface area contributed by atoms with Crippen molar-refractivity contribution < 1.29 is 4.21 Å². The molecule has 204 valence electrons. The summed E-state index contributed by atoms with van der Waals surface area (Å²) in [7, 11) is -0.919. The van der Waals surface area contributed by atoms with E-state index in [1.807, 2.05) is 24.3 Å². The fourth-order valence-corrected chi connectivity index (χ4v) is 7.69. The third kappa shape index (κ3) is 7.96. The van der Waals surface area contributed by atoms with Crippen molar-refractivity contribution in [2.45, 2.75) is 76.1 Å². The van der Waals surface area contributed by atoms with E-state index in [0.29, 0.717) is 12.1 Å². The molecule has 6 rings (SSSR count). The SMILES string of the molecule is CC(C)(C)S(=O)N1CC2CC2C[C@@H]1Cc1ccc(Cl)cc1.Cl.Clc1ccc(C[C@H]2CC3CC3CN2)cc1. The molecule has 2 aliphatic carbocycles. The molecule has 0 amide bonds. The van der Waals surface area contributed by atoms with Gasteiger partial charge in [0.2, 0.25) is 0 Å². The van der Waals surface area contributed by atoms with E-state index in [1.165, 1.54) is 43.4 Å². The molecule has 0 radical (unpaired) electrons. The number of fused-ring (bicyclic) bond motifs is 2. The number of nitrogens with one attached hydrogen (secondary N) is 1. The molecule has 1 N–H and O–H groups in total. The van der Waals surface area contributed by atoms with Gasteiger partial charge in [-0.3, -0.25) is 0 Å². The molecular formula is C30H41Cl3N2OS. The monoisotopic (exact) mass is 582 g/mol. The van der Waals surface area contributed by atoms with E-state index in [-0.39, 0.29) is 17.2 Å². The van der Waals surface area contributed by atoms with E-state index in [1.54, 1.807) is 0 Å². The Kier molecular flexibility index (Phi) is 9.74. The zero-order chi connectivity index (χ0) is 25.4. The van der Waals surface area contributed by atoms with Crippen molar-refractivity contribution in [1.29, 1.82) is 0 Å². The predicted octanol–water partition coefficient (Wildman–Crippen LogP) is 7.36. The van der Waals surface area contributed by atoms with Gasteiger partial charge in [0.15, 0.2) is 0 Å². The first-order valence-electron chi connectivity index (χ1n) is 13.6. The van der Waals surface area contributed by atoms with Gasteiger partial charge in [-0.25, -0.2) is 8.51 Å². The van der Waals surface area contributed by atoms with E-state index >= 15 is 0 Å². The van der Waals surface area contributed by atoms with Crippen LogP contribution in [0.1, 0.15) is 57.6 Å². The van der Waals surface area contributed by atoms with Gasteiger partial charge >= 0.3 is 0 Å². The Morgan fingerprint density at radius 3 is 1.92 bits per heavy atom. The van der Waals surface area contributed by atoms with E-state index in [9.17, 15) is 4.21 Å². The molecule has 37 heavy (non-hydrogen) atoms. The third-order valence-electron chi connectivity index (χ3n) is 8.31. The van der Waals surface area contributed by atoms with Gasteiger partial charge in [-0.2, -0.15) is 0 Å². The van der Waals surface area contributed by atoms with Gasteiger partial charge in [0, 0.05) is 28.7 Å². The van der Waals surface area contributed by atoms with Crippen LogP contribution in [0.25, 0.3) is 0 Å². The highest BCUT2D eigenvalue weighted by Gasteiger charge is 2.48. The van der Waals surface area contributed by atoms with Crippen molar-refractivity contribution in [3.63, 3.8) is 0 Å². The van der Waals surface area contributed by atoms with Crippen LogP contribution in [-0.2, 0) is 23.8 Å². The molecule has 7 atom stereocenters. The maximum atomic E-state index is 12.9. The van der Waals surface area contributed by atoms with Gasteiger partial charge in [0.25, 0.3) is 0 Å². The lowest BCUT2D eigenvalue weighted by Crippen LogP contribution is -2.48. The minimum Gasteiger partial charge on any atom is -0.313 e. The number of halogens is 3. The molecule has 0 bridgehead atoms. The lowest BCUT2D eigenvalue weighted by atomic mass is 9.97. The van der Waals surface area contributed by atoms with Crippen LogP contribution in [0.15, 0.2) is 48.5 Å².